The number of benzene rings is 1. The van der Waals surface area contributed by atoms with Crippen LogP contribution in [0, 0.1) is 0 Å². The van der Waals surface area contributed by atoms with Crippen molar-refractivity contribution in [1.29, 1.82) is 0 Å². The Labute approximate surface area is 85.6 Å². The minimum Gasteiger partial charge on any atom is -0.325 e. The van der Waals surface area contributed by atoms with E-state index in [1.807, 2.05) is 18.2 Å². The molecule has 2 atom stereocenters. The molecule has 3 heteroatoms. The largest absolute Gasteiger partial charge is 0.325 e. The van der Waals surface area contributed by atoms with Crippen LogP contribution >= 0.6 is 0 Å². The molecule has 1 N–H and O–H groups in total. The highest BCUT2D eigenvalue weighted by molar-refractivity contribution is 6.56. The summed E-state index contributed by atoms with van der Waals surface area (Å²) in [6.45, 7) is 4.53. The van der Waals surface area contributed by atoms with E-state index in [-0.39, 0.29) is 12.9 Å². The standard InChI is InChI=1S/C11H16BNO/c1-9-8-11(13(14)12(9)2)10-6-4-3-5-7-10/h3-7,9,11,14H,8H2,1-2H3. The zero-order valence-electron chi connectivity index (χ0n) is 8.72. The fourth-order valence-corrected chi connectivity index (χ4v) is 2.17. The van der Waals surface area contributed by atoms with E-state index < -0.39 is 0 Å². The number of nitrogens with zero attached hydrogens (tertiary/aromatic N) is 1. The SMILES string of the molecule is CB1C(C)CC(c2ccccc2)N1O. The van der Waals surface area contributed by atoms with Gasteiger partial charge in [0.2, 0.25) is 0 Å². The summed E-state index contributed by atoms with van der Waals surface area (Å²) in [5.74, 6) is 0.560. The van der Waals surface area contributed by atoms with Crippen molar-refractivity contribution in [3.05, 3.63) is 35.9 Å². The molecule has 0 radical (unpaired) electrons. The molecule has 1 heterocycles. The van der Waals surface area contributed by atoms with Gasteiger partial charge in [0, 0.05) is 6.04 Å². The number of rotatable bonds is 1. The van der Waals surface area contributed by atoms with Crippen LogP contribution in [-0.4, -0.2) is 17.0 Å². The Bertz CT molecular complexity index is 303. The lowest BCUT2D eigenvalue weighted by atomic mass is 9.56. The van der Waals surface area contributed by atoms with Gasteiger partial charge in [-0.3, -0.25) is 0 Å². The van der Waals surface area contributed by atoms with Crippen molar-refractivity contribution < 1.29 is 5.21 Å². The van der Waals surface area contributed by atoms with E-state index in [2.05, 4.69) is 25.9 Å². The first-order valence-electron chi connectivity index (χ1n) is 5.22. The van der Waals surface area contributed by atoms with Gasteiger partial charge in [0.15, 0.2) is 0 Å². The van der Waals surface area contributed by atoms with Crippen LogP contribution in [0.2, 0.25) is 12.6 Å². The molecule has 0 amide bonds. The lowest BCUT2D eigenvalue weighted by Gasteiger charge is -2.20. The Morgan fingerprint density at radius 1 is 1.36 bits per heavy atom. The zero-order chi connectivity index (χ0) is 10.1. The molecule has 1 aliphatic heterocycles. The Hall–Kier alpha value is -0.795. The predicted octanol–water partition coefficient (Wildman–Crippen LogP) is 2.83. The highest BCUT2D eigenvalue weighted by atomic mass is 16.5. The number of hydrogen-bond donors (Lipinski definition) is 1. The maximum absolute atomic E-state index is 9.91. The summed E-state index contributed by atoms with van der Waals surface area (Å²) < 4.78 is 0. The molecule has 1 aromatic rings. The van der Waals surface area contributed by atoms with Gasteiger partial charge in [0.25, 0.3) is 6.85 Å². The smallest absolute Gasteiger partial charge is 0.256 e. The topological polar surface area (TPSA) is 23.5 Å². The summed E-state index contributed by atoms with van der Waals surface area (Å²) in [6.07, 6.45) is 1.04. The van der Waals surface area contributed by atoms with Gasteiger partial charge >= 0.3 is 0 Å². The first-order valence-corrected chi connectivity index (χ1v) is 5.22. The third-order valence-electron chi connectivity index (χ3n) is 3.34. The van der Waals surface area contributed by atoms with Crippen LogP contribution in [0.25, 0.3) is 0 Å². The molecule has 0 aromatic heterocycles. The summed E-state index contributed by atoms with van der Waals surface area (Å²) in [6, 6.07) is 10.4. The van der Waals surface area contributed by atoms with Crippen molar-refractivity contribution in [2.24, 2.45) is 0 Å². The minimum absolute atomic E-state index is 0.182. The van der Waals surface area contributed by atoms with Crippen molar-refractivity contribution in [2.75, 3.05) is 0 Å². The highest BCUT2D eigenvalue weighted by Gasteiger charge is 2.38. The first-order chi connectivity index (χ1) is 6.70. The van der Waals surface area contributed by atoms with E-state index >= 15 is 0 Å². The molecule has 0 saturated carbocycles. The Balaban J connectivity index is 2.21. The molecule has 1 aromatic carbocycles. The van der Waals surface area contributed by atoms with Gasteiger partial charge in [0.05, 0.1) is 0 Å². The third-order valence-corrected chi connectivity index (χ3v) is 3.34. The fourth-order valence-electron chi connectivity index (χ4n) is 2.17. The average Bonchev–Trinajstić information content (AvgIpc) is 2.47. The van der Waals surface area contributed by atoms with Crippen LogP contribution in [-0.2, 0) is 0 Å². The van der Waals surface area contributed by atoms with E-state index in [4.69, 9.17) is 0 Å². The van der Waals surface area contributed by atoms with Gasteiger partial charge in [-0.15, -0.1) is 0 Å². The molecule has 0 aliphatic carbocycles. The zero-order valence-corrected chi connectivity index (χ0v) is 8.72. The van der Waals surface area contributed by atoms with Crippen LogP contribution in [0.5, 0.6) is 0 Å². The van der Waals surface area contributed by atoms with Crippen molar-refractivity contribution in [3.8, 4) is 0 Å². The van der Waals surface area contributed by atoms with Crippen molar-refractivity contribution in [1.82, 2.24) is 4.97 Å². The average molecular weight is 189 g/mol. The van der Waals surface area contributed by atoms with E-state index in [0.29, 0.717) is 5.82 Å². The normalized spacial score (nSPS) is 28.4. The second-order valence-corrected chi connectivity index (χ2v) is 4.26. The second-order valence-electron chi connectivity index (χ2n) is 4.26. The van der Waals surface area contributed by atoms with Gasteiger partial charge in [-0.2, -0.15) is 0 Å². The molecular formula is C11H16BNO. The summed E-state index contributed by atoms with van der Waals surface area (Å²) in [5.41, 5.74) is 1.21. The summed E-state index contributed by atoms with van der Waals surface area (Å²) in [7, 11) is 0. The van der Waals surface area contributed by atoms with Gasteiger partial charge < -0.3 is 5.21 Å². The third kappa shape index (κ3) is 1.58. The van der Waals surface area contributed by atoms with Crippen LogP contribution < -0.4 is 0 Å². The predicted molar refractivity (Wildman–Crippen MR) is 58.5 cm³/mol. The van der Waals surface area contributed by atoms with E-state index in [1.165, 1.54) is 10.5 Å². The van der Waals surface area contributed by atoms with Gasteiger partial charge in [-0.05, 0) is 17.8 Å². The Morgan fingerprint density at radius 3 is 2.50 bits per heavy atom. The second kappa shape index (κ2) is 3.75. The monoisotopic (exact) mass is 189 g/mol. The molecule has 0 spiro atoms. The lowest BCUT2D eigenvalue weighted by Crippen LogP contribution is -2.30. The van der Waals surface area contributed by atoms with Crippen LogP contribution in [0.4, 0.5) is 0 Å². The molecule has 1 fully saturated rings. The van der Waals surface area contributed by atoms with Crippen LogP contribution in [0.15, 0.2) is 30.3 Å². The fraction of sp³-hybridized carbons (Fsp3) is 0.455. The van der Waals surface area contributed by atoms with Crippen molar-refractivity contribution in [3.63, 3.8) is 0 Å². The van der Waals surface area contributed by atoms with Crippen LogP contribution in [0.3, 0.4) is 0 Å². The molecule has 2 rings (SSSR count). The van der Waals surface area contributed by atoms with E-state index in [1.54, 1.807) is 0 Å². The summed E-state index contributed by atoms with van der Waals surface area (Å²) >= 11 is 0. The maximum Gasteiger partial charge on any atom is 0.256 e. The molecule has 14 heavy (non-hydrogen) atoms. The van der Waals surface area contributed by atoms with Crippen molar-refractivity contribution >= 4 is 6.85 Å². The Morgan fingerprint density at radius 2 is 2.00 bits per heavy atom. The number of hydroxylamine groups is 1. The number of hydrogen-bond acceptors (Lipinski definition) is 2. The molecule has 2 unspecified atom stereocenters. The summed E-state index contributed by atoms with van der Waals surface area (Å²) in [5, 5.41) is 9.91. The molecule has 1 saturated heterocycles. The van der Waals surface area contributed by atoms with Gasteiger partial charge in [-0.1, -0.05) is 44.1 Å². The lowest BCUT2D eigenvalue weighted by molar-refractivity contribution is -0.0346. The molecular weight excluding hydrogens is 173 g/mol. The Kier molecular flexibility index (Phi) is 2.61. The van der Waals surface area contributed by atoms with Gasteiger partial charge in [-0.25, -0.2) is 4.97 Å². The molecule has 1 aliphatic rings. The maximum atomic E-state index is 9.91. The van der Waals surface area contributed by atoms with Crippen LogP contribution in [0.1, 0.15) is 24.9 Å². The van der Waals surface area contributed by atoms with E-state index in [9.17, 15) is 5.21 Å². The molecule has 0 bridgehead atoms. The molecule has 74 valence electrons. The quantitative estimate of drug-likeness (QED) is 0.686. The van der Waals surface area contributed by atoms with Gasteiger partial charge in [0.1, 0.15) is 0 Å². The first kappa shape index (κ1) is 9.75. The summed E-state index contributed by atoms with van der Waals surface area (Å²) in [4.78, 5) is 1.50. The minimum atomic E-state index is 0.182. The molecule has 2 nitrogen and oxygen atoms in total. The van der Waals surface area contributed by atoms with E-state index in [0.717, 1.165) is 6.42 Å². The highest BCUT2D eigenvalue weighted by Crippen LogP contribution is 2.39. The van der Waals surface area contributed by atoms with Crippen molar-refractivity contribution in [2.45, 2.75) is 32.0 Å².